The molecule has 6 heteroatoms. The fraction of sp³-hybridized carbons (Fsp3) is 0.542. The summed E-state index contributed by atoms with van der Waals surface area (Å²) in [5, 5.41) is 0. The van der Waals surface area contributed by atoms with Gasteiger partial charge in [-0.25, -0.2) is 4.39 Å². The minimum Gasteiger partial charge on any atom is -0.343 e. The molecule has 4 rings (SSSR count). The second kappa shape index (κ2) is 8.90. The summed E-state index contributed by atoms with van der Waals surface area (Å²) in [5.74, 6) is 0.612. The molecule has 0 N–H and O–H groups in total. The number of hydrogen-bond acceptors (Lipinski definition) is 3. The van der Waals surface area contributed by atoms with Crippen molar-refractivity contribution in [3.05, 3.63) is 58.7 Å². The summed E-state index contributed by atoms with van der Waals surface area (Å²) in [5.41, 5.74) is 4.27. The second-order valence-electron chi connectivity index (χ2n) is 9.14. The maximum absolute atomic E-state index is 13.5. The third-order valence-electron chi connectivity index (χ3n) is 6.30. The van der Waals surface area contributed by atoms with Crippen molar-refractivity contribution in [1.82, 2.24) is 19.3 Å². The molecule has 2 aliphatic heterocycles. The number of rotatable bonds is 5. The summed E-state index contributed by atoms with van der Waals surface area (Å²) in [6, 6.07) is 8.90. The average Bonchev–Trinajstić information content (AvgIpc) is 3.03. The molecule has 0 saturated carbocycles. The molecule has 1 aromatic carbocycles. The first-order chi connectivity index (χ1) is 14.4. The monoisotopic (exact) mass is 412 g/mol. The van der Waals surface area contributed by atoms with Gasteiger partial charge in [-0.05, 0) is 35.2 Å². The first-order valence-electron chi connectivity index (χ1n) is 11.1. The normalized spacial score (nSPS) is 18.1. The van der Waals surface area contributed by atoms with E-state index in [2.05, 4.69) is 34.3 Å². The lowest BCUT2D eigenvalue weighted by molar-refractivity contribution is 0.0614. The zero-order valence-corrected chi connectivity index (χ0v) is 18.4. The Morgan fingerprint density at radius 3 is 2.53 bits per heavy atom. The summed E-state index contributed by atoms with van der Waals surface area (Å²) in [6.07, 6.45) is 0.913. The van der Waals surface area contributed by atoms with Crippen LogP contribution in [0, 0.1) is 11.7 Å². The van der Waals surface area contributed by atoms with Gasteiger partial charge in [-0.3, -0.25) is 14.6 Å². The molecular formula is C24H33FN4O. The minimum atomic E-state index is -0.189. The van der Waals surface area contributed by atoms with Gasteiger partial charge in [0.1, 0.15) is 11.5 Å². The lowest BCUT2D eigenvalue weighted by atomic mass is 10.1. The molecule has 0 atom stereocenters. The Labute approximate surface area is 179 Å². The zero-order valence-electron chi connectivity index (χ0n) is 18.4. The van der Waals surface area contributed by atoms with Gasteiger partial charge in [0.25, 0.3) is 5.91 Å². The van der Waals surface area contributed by atoms with Crippen molar-refractivity contribution < 1.29 is 9.18 Å². The third kappa shape index (κ3) is 4.60. The molecule has 0 spiro atoms. The number of aromatic nitrogens is 1. The number of nitrogens with zero attached hydrogens (tertiary/aromatic N) is 4. The number of amides is 1. The average molecular weight is 413 g/mol. The van der Waals surface area contributed by atoms with E-state index in [9.17, 15) is 9.18 Å². The highest BCUT2D eigenvalue weighted by Gasteiger charge is 2.28. The third-order valence-corrected chi connectivity index (χ3v) is 6.30. The molecule has 3 heterocycles. The van der Waals surface area contributed by atoms with Crippen LogP contribution < -0.4 is 0 Å². The van der Waals surface area contributed by atoms with Crippen LogP contribution >= 0.6 is 0 Å². The van der Waals surface area contributed by atoms with Crippen molar-refractivity contribution in [2.75, 3.05) is 39.3 Å². The summed E-state index contributed by atoms with van der Waals surface area (Å²) in [7, 11) is 2.02. The molecule has 1 amide bonds. The van der Waals surface area contributed by atoms with Crippen molar-refractivity contribution in [3.63, 3.8) is 0 Å². The van der Waals surface area contributed by atoms with Crippen LogP contribution in [0.25, 0.3) is 0 Å². The topological polar surface area (TPSA) is 31.7 Å². The van der Waals surface area contributed by atoms with E-state index in [4.69, 9.17) is 0 Å². The second-order valence-corrected chi connectivity index (χ2v) is 9.14. The Kier molecular flexibility index (Phi) is 6.25. The number of piperazine rings is 1. The number of benzene rings is 1. The van der Waals surface area contributed by atoms with E-state index in [1.165, 1.54) is 17.3 Å². The van der Waals surface area contributed by atoms with Crippen LogP contribution in [-0.4, -0.2) is 64.4 Å². The SMILES string of the molecule is CC(C)CN1CCN(C(=O)c2cc3c(n2C)CCN(Cc2cccc(F)c2)C3)CC1. The van der Waals surface area contributed by atoms with Crippen LogP contribution in [0.3, 0.4) is 0 Å². The highest BCUT2D eigenvalue weighted by molar-refractivity contribution is 5.93. The number of halogens is 1. The standard InChI is InChI=1S/C24H33FN4O/c1-18(2)15-27-9-11-29(12-10-27)24(30)23-14-20-17-28(8-7-22(20)26(23)3)16-19-5-4-6-21(25)13-19/h4-6,13-14,18H,7-12,15-17H2,1-3H3. The van der Waals surface area contributed by atoms with Gasteiger partial charge in [-0.1, -0.05) is 26.0 Å². The molecular weight excluding hydrogens is 379 g/mol. The molecule has 0 unspecified atom stereocenters. The largest absolute Gasteiger partial charge is 0.343 e. The van der Waals surface area contributed by atoms with Crippen LogP contribution in [0.1, 0.15) is 41.2 Å². The molecule has 0 radical (unpaired) electrons. The van der Waals surface area contributed by atoms with Crippen molar-refractivity contribution in [3.8, 4) is 0 Å². The Morgan fingerprint density at radius 1 is 1.07 bits per heavy atom. The Bertz CT molecular complexity index is 899. The van der Waals surface area contributed by atoms with E-state index >= 15 is 0 Å². The van der Waals surface area contributed by atoms with Gasteiger partial charge in [0.05, 0.1) is 0 Å². The van der Waals surface area contributed by atoms with E-state index < -0.39 is 0 Å². The van der Waals surface area contributed by atoms with E-state index in [0.717, 1.165) is 70.0 Å². The fourth-order valence-electron chi connectivity index (χ4n) is 4.80. The van der Waals surface area contributed by atoms with Crippen molar-refractivity contribution in [2.45, 2.75) is 33.4 Å². The molecule has 0 aliphatic carbocycles. The first kappa shape index (κ1) is 21.1. The van der Waals surface area contributed by atoms with Crippen LogP contribution in [0.15, 0.2) is 30.3 Å². The zero-order chi connectivity index (χ0) is 21.3. The quantitative estimate of drug-likeness (QED) is 0.756. The highest BCUT2D eigenvalue weighted by atomic mass is 19.1. The predicted molar refractivity (Wildman–Crippen MR) is 117 cm³/mol. The summed E-state index contributed by atoms with van der Waals surface area (Å²) in [6.45, 7) is 11.5. The maximum Gasteiger partial charge on any atom is 0.270 e. The molecule has 5 nitrogen and oxygen atoms in total. The summed E-state index contributed by atoms with van der Waals surface area (Å²) in [4.78, 5) is 20.0. The Morgan fingerprint density at radius 2 is 1.83 bits per heavy atom. The van der Waals surface area contributed by atoms with E-state index in [1.807, 2.05) is 18.0 Å². The molecule has 162 valence electrons. The maximum atomic E-state index is 13.5. The molecule has 2 aliphatic rings. The van der Waals surface area contributed by atoms with Crippen molar-refractivity contribution in [1.29, 1.82) is 0 Å². The fourth-order valence-corrected chi connectivity index (χ4v) is 4.80. The molecule has 2 aromatic rings. The predicted octanol–water partition coefficient (Wildman–Crippen LogP) is 3.14. The summed E-state index contributed by atoms with van der Waals surface area (Å²) >= 11 is 0. The first-order valence-corrected chi connectivity index (χ1v) is 11.1. The van der Waals surface area contributed by atoms with E-state index in [0.29, 0.717) is 5.92 Å². The lowest BCUT2D eigenvalue weighted by Crippen LogP contribution is -2.49. The molecule has 1 saturated heterocycles. The van der Waals surface area contributed by atoms with Gasteiger partial charge in [0.2, 0.25) is 0 Å². The number of carbonyl (C=O) groups excluding carboxylic acids is 1. The minimum absolute atomic E-state index is 0.146. The van der Waals surface area contributed by atoms with Crippen molar-refractivity contribution >= 4 is 5.91 Å². The molecule has 0 bridgehead atoms. The lowest BCUT2D eigenvalue weighted by Gasteiger charge is -2.35. The molecule has 30 heavy (non-hydrogen) atoms. The van der Waals surface area contributed by atoms with Gasteiger partial charge in [0, 0.05) is 71.5 Å². The van der Waals surface area contributed by atoms with Gasteiger partial charge >= 0.3 is 0 Å². The highest BCUT2D eigenvalue weighted by Crippen LogP contribution is 2.25. The van der Waals surface area contributed by atoms with Crippen LogP contribution in [0.4, 0.5) is 4.39 Å². The Hall–Kier alpha value is -2.18. The Balaban J connectivity index is 1.41. The smallest absolute Gasteiger partial charge is 0.270 e. The van der Waals surface area contributed by atoms with E-state index in [-0.39, 0.29) is 11.7 Å². The van der Waals surface area contributed by atoms with Crippen LogP contribution in [-0.2, 0) is 26.6 Å². The van der Waals surface area contributed by atoms with Crippen LogP contribution in [0.5, 0.6) is 0 Å². The number of fused-ring (bicyclic) bond motifs is 1. The van der Waals surface area contributed by atoms with Crippen molar-refractivity contribution in [2.24, 2.45) is 13.0 Å². The number of carbonyl (C=O) groups is 1. The van der Waals surface area contributed by atoms with Gasteiger partial charge in [-0.15, -0.1) is 0 Å². The van der Waals surface area contributed by atoms with E-state index in [1.54, 1.807) is 12.1 Å². The molecule has 1 aromatic heterocycles. The molecule has 1 fully saturated rings. The van der Waals surface area contributed by atoms with Gasteiger partial charge in [0.15, 0.2) is 0 Å². The summed E-state index contributed by atoms with van der Waals surface area (Å²) < 4.78 is 15.6. The number of hydrogen-bond donors (Lipinski definition) is 0. The van der Waals surface area contributed by atoms with Gasteiger partial charge < -0.3 is 9.47 Å². The van der Waals surface area contributed by atoms with Crippen LogP contribution in [0.2, 0.25) is 0 Å². The van der Waals surface area contributed by atoms with Gasteiger partial charge in [-0.2, -0.15) is 0 Å².